The van der Waals surface area contributed by atoms with Crippen molar-refractivity contribution in [2.45, 2.75) is 32.9 Å². The van der Waals surface area contributed by atoms with Gasteiger partial charge in [0.15, 0.2) is 0 Å². The number of nitrogens with one attached hydrogen (secondary N) is 4. The number of nitrogens with zero attached hydrogens (tertiary/aromatic N) is 2. The van der Waals surface area contributed by atoms with Crippen molar-refractivity contribution in [1.29, 1.82) is 0 Å². The molecular formula is C26H30N6O2. The number of H-pyrrole nitrogens is 1. The number of amides is 1. The highest BCUT2D eigenvalue weighted by Crippen LogP contribution is 2.25. The predicted molar refractivity (Wildman–Crippen MR) is 134 cm³/mol. The smallest absolute Gasteiger partial charge is 0.267 e. The van der Waals surface area contributed by atoms with Gasteiger partial charge in [-0.3, -0.25) is 4.79 Å². The van der Waals surface area contributed by atoms with Crippen molar-refractivity contribution in [3.05, 3.63) is 78.2 Å². The second kappa shape index (κ2) is 11.3. The highest BCUT2D eigenvalue weighted by Gasteiger charge is 2.13. The number of aromatic amines is 1. The molecule has 0 radical (unpaired) electrons. The van der Waals surface area contributed by atoms with Crippen molar-refractivity contribution >= 4 is 28.4 Å². The van der Waals surface area contributed by atoms with Crippen molar-refractivity contribution in [2.24, 2.45) is 0 Å². The van der Waals surface area contributed by atoms with E-state index >= 15 is 0 Å². The maximum atomic E-state index is 12.5. The third-order valence-electron chi connectivity index (χ3n) is 5.23. The molecule has 0 aliphatic heterocycles. The summed E-state index contributed by atoms with van der Waals surface area (Å²) in [5, 5.41) is 10.3. The number of rotatable bonds is 11. The summed E-state index contributed by atoms with van der Waals surface area (Å²) >= 11 is 0. The number of benzene rings is 2. The van der Waals surface area contributed by atoms with Gasteiger partial charge in [-0.05, 0) is 48.9 Å². The van der Waals surface area contributed by atoms with Crippen LogP contribution in [0.2, 0.25) is 0 Å². The Balaban J connectivity index is 1.36. The summed E-state index contributed by atoms with van der Waals surface area (Å²) < 4.78 is 5.85. The quantitative estimate of drug-likeness (QED) is 0.248. The van der Waals surface area contributed by atoms with Crippen molar-refractivity contribution in [3.63, 3.8) is 0 Å². The Morgan fingerprint density at radius 2 is 1.82 bits per heavy atom. The highest BCUT2D eigenvalue weighted by molar-refractivity contribution is 6.00. The maximum Gasteiger partial charge on any atom is 0.267 e. The van der Waals surface area contributed by atoms with Crippen LogP contribution in [0.25, 0.3) is 11.0 Å². The Hall–Kier alpha value is -3.91. The summed E-state index contributed by atoms with van der Waals surface area (Å²) in [6.45, 7) is 6.18. The van der Waals surface area contributed by atoms with Gasteiger partial charge in [0.25, 0.3) is 5.91 Å². The lowest BCUT2D eigenvalue weighted by molar-refractivity contribution is 0.0949. The first-order valence-electron chi connectivity index (χ1n) is 11.5. The van der Waals surface area contributed by atoms with Gasteiger partial charge in [0.2, 0.25) is 0 Å². The maximum absolute atomic E-state index is 12.5. The number of fused-ring (bicyclic) bond motifs is 1. The summed E-state index contributed by atoms with van der Waals surface area (Å²) in [7, 11) is 0. The number of carbonyl (C=O) groups is 1. The zero-order valence-electron chi connectivity index (χ0n) is 19.5. The molecule has 4 aromatic rings. The fraction of sp³-hybridized carbons (Fsp3) is 0.269. The molecule has 0 fully saturated rings. The van der Waals surface area contributed by atoms with Gasteiger partial charge in [0, 0.05) is 18.3 Å². The molecule has 0 aliphatic carbocycles. The van der Waals surface area contributed by atoms with E-state index in [1.54, 1.807) is 6.07 Å². The fourth-order valence-corrected chi connectivity index (χ4v) is 3.45. The summed E-state index contributed by atoms with van der Waals surface area (Å²) in [6, 6.07) is 19.9. The van der Waals surface area contributed by atoms with Crippen LogP contribution in [0.1, 0.15) is 36.3 Å². The lowest BCUT2D eigenvalue weighted by Gasteiger charge is -2.09. The molecule has 0 atom stereocenters. The summed E-state index contributed by atoms with van der Waals surface area (Å²) in [6.07, 6.45) is 2.33. The van der Waals surface area contributed by atoms with E-state index in [0.29, 0.717) is 36.4 Å². The standard InChI is InChI=1S/C26H30N6O2/c1-18(2)27-13-6-14-28-26(33)23-15-22-24(29-17-30-25(22)32-23)31-20-9-11-21(12-10-20)34-16-19-7-4-3-5-8-19/h3-5,7-12,15,17-18,27H,6,13-14,16H2,1-2H3,(H,28,33)(H2,29,30,31,32). The fourth-order valence-electron chi connectivity index (χ4n) is 3.45. The molecule has 0 saturated heterocycles. The number of carbonyl (C=O) groups excluding carboxylic acids is 1. The van der Waals surface area contributed by atoms with Crippen molar-refractivity contribution in [3.8, 4) is 5.75 Å². The number of hydrogen-bond acceptors (Lipinski definition) is 6. The Bertz CT molecular complexity index is 1210. The second-order valence-corrected chi connectivity index (χ2v) is 8.31. The first-order chi connectivity index (χ1) is 16.6. The third-order valence-corrected chi connectivity index (χ3v) is 5.23. The Morgan fingerprint density at radius 3 is 2.59 bits per heavy atom. The van der Waals surface area contributed by atoms with E-state index in [2.05, 4.69) is 44.7 Å². The van der Waals surface area contributed by atoms with Crippen LogP contribution < -0.4 is 20.7 Å². The largest absolute Gasteiger partial charge is 0.489 e. The van der Waals surface area contributed by atoms with E-state index in [1.807, 2.05) is 54.6 Å². The van der Waals surface area contributed by atoms with Crippen LogP contribution in [0.4, 0.5) is 11.5 Å². The zero-order chi connectivity index (χ0) is 23.8. The molecule has 0 saturated carbocycles. The second-order valence-electron chi connectivity index (χ2n) is 8.31. The minimum Gasteiger partial charge on any atom is -0.489 e. The van der Waals surface area contributed by atoms with Gasteiger partial charge in [-0.2, -0.15) is 0 Å². The van der Waals surface area contributed by atoms with Crippen LogP contribution in [-0.2, 0) is 6.61 Å². The molecule has 0 aliphatic rings. The van der Waals surface area contributed by atoms with Gasteiger partial charge in [-0.15, -0.1) is 0 Å². The number of aromatic nitrogens is 3. The molecule has 8 heteroatoms. The monoisotopic (exact) mass is 458 g/mol. The molecule has 0 bridgehead atoms. The van der Waals surface area contributed by atoms with Gasteiger partial charge in [-0.1, -0.05) is 44.2 Å². The third kappa shape index (κ3) is 6.32. The number of hydrogen-bond donors (Lipinski definition) is 4. The summed E-state index contributed by atoms with van der Waals surface area (Å²) in [5.41, 5.74) is 3.04. The van der Waals surface area contributed by atoms with Crippen LogP contribution in [0.15, 0.2) is 67.0 Å². The summed E-state index contributed by atoms with van der Waals surface area (Å²) in [5.74, 6) is 1.25. The van der Waals surface area contributed by atoms with Gasteiger partial charge < -0.3 is 25.7 Å². The molecule has 2 heterocycles. The SMILES string of the molecule is CC(C)NCCCNC(=O)c1cc2c(Nc3ccc(OCc4ccccc4)cc3)ncnc2[nH]1. The van der Waals surface area contributed by atoms with Gasteiger partial charge in [-0.25, -0.2) is 9.97 Å². The minimum atomic E-state index is -0.159. The van der Waals surface area contributed by atoms with E-state index in [4.69, 9.17) is 4.74 Å². The molecule has 2 aromatic carbocycles. The van der Waals surface area contributed by atoms with E-state index < -0.39 is 0 Å². The van der Waals surface area contributed by atoms with Gasteiger partial charge in [0.05, 0.1) is 5.39 Å². The molecule has 0 unspecified atom stereocenters. The normalized spacial score (nSPS) is 11.0. The van der Waals surface area contributed by atoms with E-state index in [9.17, 15) is 4.79 Å². The van der Waals surface area contributed by atoms with E-state index in [-0.39, 0.29) is 5.91 Å². The van der Waals surface area contributed by atoms with Crippen LogP contribution in [0.3, 0.4) is 0 Å². The van der Waals surface area contributed by atoms with Crippen LogP contribution in [-0.4, -0.2) is 40.0 Å². The van der Waals surface area contributed by atoms with Crippen LogP contribution in [0, 0.1) is 0 Å². The van der Waals surface area contributed by atoms with Crippen LogP contribution >= 0.6 is 0 Å². The van der Waals surface area contributed by atoms with Gasteiger partial charge in [0.1, 0.15) is 35.8 Å². The van der Waals surface area contributed by atoms with E-state index in [0.717, 1.165) is 35.4 Å². The molecule has 34 heavy (non-hydrogen) atoms. The first-order valence-corrected chi connectivity index (χ1v) is 11.5. The minimum absolute atomic E-state index is 0.159. The van der Waals surface area contributed by atoms with E-state index in [1.165, 1.54) is 6.33 Å². The average Bonchev–Trinajstić information content (AvgIpc) is 3.29. The Kier molecular flexibility index (Phi) is 7.72. The van der Waals surface area contributed by atoms with Crippen molar-refractivity contribution in [1.82, 2.24) is 25.6 Å². The van der Waals surface area contributed by atoms with Crippen molar-refractivity contribution in [2.75, 3.05) is 18.4 Å². The molecule has 4 N–H and O–H groups in total. The molecule has 0 spiro atoms. The lowest BCUT2D eigenvalue weighted by atomic mass is 10.2. The molecule has 8 nitrogen and oxygen atoms in total. The molecule has 4 rings (SSSR count). The summed E-state index contributed by atoms with van der Waals surface area (Å²) in [4.78, 5) is 24.2. The average molecular weight is 459 g/mol. The van der Waals surface area contributed by atoms with Crippen molar-refractivity contribution < 1.29 is 9.53 Å². The molecule has 2 aromatic heterocycles. The highest BCUT2D eigenvalue weighted by atomic mass is 16.5. The van der Waals surface area contributed by atoms with Crippen LogP contribution in [0.5, 0.6) is 5.75 Å². The Morgan fingerprint density at radius 1 is 1.03 bits per heavy atom. The zero-order valence-corrected chi connectivity index (χ0v) is 19.5. The topological polar surface area (TPSA) is 104 Å². The molecular weight excluding hydrogens is 428 g/mol. The Labute approximate surface area is 199 Å². The lowest BCUT2D eigenvalue weighted by Crippen LogP contribution is -2.29. The number of ether oxygens (including phenoxy) is 1. The number of anilines is 2. The predicted octanol–water partition coefficient (Wildman–Crippen LogP) is 4.40. The van der Waals surface area contributed by atoms with Gasteiger partial charge >= 0.3 is 0 Å². The molecule has 1 amide bonds. The molecule has 176 valence electrons. The first kappa shape index (κ1) is 23.3.